The zero-order valence-corrected chi connectivity index (χ0v) is 9.19. The summed E-state index contributed by atoms with van der Waals surface area (Å²) in [5.41, 5.74) is 0. The molecule has 0 fully saturated rings. The van der Waals surface area contributed by atoms with Crippen molar-refractivity contribution in [1.82, 2.24) is 0 Å². The van der Waals surface area contributed by atoms with Gasteiger partial charge in [0, 0.05) is 17.1 Å². The van der Waals surface area contributed by atoms with E-state index < -0.39 is 5.97 Å². The van der Waals surface area contributed by atoms with Gasteiger partial charge in [0.05, 0.1) is 0 Å². The number of aliphatic carboxylic acids is 1. The van der Waals surface area contributed by atoms with Crippen molar-refractivity contribution in [2.75, 3.05) is 5.33 Å². The Labute approximate surface area is 84.4 Å². The van der Waals surface area contributed by atoms with Crippen LogP contribution in [0, 0.1) is 0 Å². The average Bonchev–Trinajstić information content (AvgIpc) is 2.39. The molecule has 0 saturated carbocycles. The molecule has 0 atom stereocenters. The third-order valence-corrected chi connectivity index (χ3v) is 2.25. The highest BCUT2D eigenvalue weighted by Gasteiger charge is 1.87. The maximum Gasteiger partial charge on any atom is 0.300 e. The highest BCUT2D eigenvalue weighted by molar-refractivity contribution is 9.09. The Balaban J connectivity index is 0.000000261. The molecule has 68 valence electrons. The Kier molecular flexibility index (Phi) is 7.09. The molecule has 0 unspecified atom stereocenters. The van der Waals surface area contributed by atoms with E-state index in [2.05, 4.69) is 33.4 Å². The summed E-state index contributed by atoms with van der Waals surface area (Å²) in [6.45, 7) is 1.08. The lowest BCUT2D eigenvalue weighted by Gasteiger charge is -1.84. The summed E-state index contributed by atoms with van der Waals surface area (Å²) < 4.78 is 0. The van der Waals surface area contributed by atoms with Gasteiger partial charge in [-0.3, -0.25) is 4.79 Å². The Hall–Kier alpha value is -0.350. The number of carbonyl (C=O) groups is 1. The van der Waals surface area contributed by atoms with Crippen LogP contribution >= 0.6 is 27.3 Å². The van der Waals surface area contributed by atoms with Gasteiger partial charge in [-0.25, -0.2) is 0 Å². The third-order valence-electron chi connectivity index (χ3n) is 0.921. The lowest BCUT2D eigenvalue weighted by Crippen LogP contribution is -1.78. The zero-order chi connectivity index (χ0) is 9.40. The molecule has 0 bridgehead atoms. The van der Waals surface area contributed by atoms with E-state index in [0.717, 1.165) is 18.7 Å². The predicted octanol–water partition coefficient (Wildman–Crippen LogP) is 2.78. The van der Waals surface area contributed by atoms with Crippen molar-refractivity contribution in [1.29, 1.82) is 0 Å². The fraction of sp³-hybridized carbons (Fsp3) is 0.375. The summed E-state index contributed by atoms with van der Waals surface area (Å²) in [6.07, 6.45) is 1.16. The minimum atomic E-state index is -0.833. The van der Waals surface area contributed by atoms with Crippen molar-refractivity contribution in [3.8, 4) is 0 Å². The van der Waals surface area contributed by atoms with Crippen LogP contribution in [-0.4, -0.2) is 16.4 Å². The number of carboxylic acid groups (broad SMARTS) is 1. The second-order valence-electron chi connectivity index (χ2n) is 2.04. The van der Waals surface area contributed by atoms with Gasteiger partial charge in [0.15, 0.2) is 0 Å². The van der Waals surface area contributed by atoms with Gasteiger partial charge < -0.3 is 5.11 Å². The average molecular weight is 251 g/mol. The number of thiophene rings is 1. The van der Waals surface area contributed by atoms with Gasteiger partial charge in [-0.05, 0) is 17.9 Å². The largest absolute Gasteiger partial charge is 0.481 e. The van der Waals surface area contributed by atoms with Crippen molar-refractivity contribution in [3.05, 3.63) is 22.4 Å². The number of carboxylic acids is 1. The number of alkyl halides is 1. The molecule has 0 aromatic carbocycles. The van der Waals surface area contributed by atoms with Gasteiger partial charge in [-0.15, -0.1) is 11.3 Å². The van der Waals surface area contributed by atoms with Crippen molar-refractivity contribution in [2.45, 2.75) is 13.3 Å². The third kappa shape index (κ3) is 7.75. The minimum absolute atomic E-state index is 0.833. The Morgan fingerprint density at radius 2 is 2.33 bits per heavy atom. The molecule has 0 saturated heterocycles. The lowest BCUT2D eigenvalue weighted by atomic mass is 10.4. The van der Waals surface area contributed by atoms with Gasteiger partial charge >= 0.3 is 0 Å². The topological polar surface area (TPSA) is 37.3 Å². The molecule has 0 aliphatic carbocycles. The first kappa shape index (κ1) is 11.6. The van der Waals surface area contributed by atoms with E-state index in [0.29, 0.717) is 0 Å². The summed E-state index contributed by atoms with van der Waals surface area (Å²) >= 11 is 5.19. The van der Waals surface area contributed by atoms with Crippen LogP contribution in [0.15, 0.2) is 17.5 Å². The summed E-state index contributed by atoms with van der Waals surface area (Å²) in [4.78, 5) is 10.5. The fourth-order valence-electron chi connectivity index (χ4n) is 0.548. The monoisotopic (exact) mass is 250 g/mol. The smallest absolute Gasteiger partial charge is 0.300 e. The minimum Gasteiger partial charge on any atom is -0.481 e. The second-order valence-corrected chi connectivity index (χ2v) is 3.86. The molecular formula is C8H11BrO2S. The Morgan fingerprint density at radius 1 is 1.75 bits per heavy atom. The number of rotatable bonds is 2. The standard InChI is InChI=1S/C6H7BrS.C2H4O2/c7-4-3-6-2-1-5-8-6;1-2(3)4/h1-2,5H,3-4H2;1H3,(H,3,4). The maximum atomic E-state index is 9.00. The van der Waals surface area contributed by atoms with Crippen LogP contribution in [0.4, 0.5) is 0 Å². The number of hydrogen-bond acceptors (Lipinski definition) is 2. The molecule has 12 heavy (non-hydrogen) atoms. The van der Waals surface area contributed by atoms with Gasteiger partial charge in [0.25, 0.3) is 5.97 Å². The van der Waals surface area contributed by atoms with Crippen molar-refractivity contribution in [3.63, 3.8) is 0 Å². The van der Waals surface area contributed by atoms with Gasteiger partial charge in [-0.2, -0.15) is 0 Å². The van der Waals surface area contributed by atoms with E-state index in [-0.39, 0.29) is 0 Å². The lowest BCUT2D eigenvalue weighted by molar-refractivity contribution is -0.134. The SMILES string of the molecule is BrCCc1cccs1.CC(=O)O. The molecule has 0 aliphatic rings. The van der Waals surface area contributed by atoms with E-state index in [1.165, 1.54) is 4.88 Å². The van der Waals surface area contributed by atoms with E-state index in [4.69, 9.17) is 9.90 Å². The van der Waals surface area contributed by atoms with E-state index in [1.807, 2.05) is 11.3 Å². The van der Waals surface area contributed by atoms with Crippen LogP contribution in [0.1, 0.15) is 11.8 Å². The van der Waals surface area contributed by atoms with Gasteiger partial charge in [-0.1, -0.05) is 22.0 Å². The number of halogens is 1. The highest BCUT2D eigenvalue weighted by Crippen LogP contribution is 2.09. The fourth-order valence-corrected chi connectivity index (χ4v) is 1.95. The molecule has 0 amide bonds. The van der Waals surface area contributed by atoms with Gasteiger partial charge in [0.1, 0.15) is 0 Å². The zero-order valence-electron chi connectivity index (χ0n) is 6.79. The van der Waals surface area contributed by atoms with Crippen LogP contribution in [0.3, 0.4) is 0 Å². The van der Waals surface area contributed by atoms with Gasteiger partial charge in [0.2, 0.25) is 0 Å². The molecule has 0 spiro atoms. The normalized spacial score (nSPS) is 8.50. The summed E-state index contributed by atoms with van der Waals surface area (Å²) in [5.74, 6) is -0.833. The molecule has 1 rings (SSSR count). The first-order valence-electron chi connectivity index (χ1n) is 3.44. The van der Waals surface area contributed by atoms with Crippen molar-refractivity contribution in [2.24, 2.45) is 0 Å². The molecule has 1 heterocycles. The first-order chi connectivity index (χ1) is 5.66. The molecule has 1 N–H and O–H groups in total. The Morgan fingerprint density at radius 3 is 2.67 bits per heavy atom. The number of aryl methyl sites for hydroxylation is 1. The first-order valence-corrected chi connectivity index (χ1v) is 5.44. The molecule has 1 aromatic heterocycles. The van der Waals surface area contributed by atoms with E-state index in [9.17, 15) is 0 Å². The van der Waals surface area contributed by atoms with Crippen LogP contribution in [-0.2, 0) is 11.2 Å². The maximum absolute atomic E-state index is 9.00. The van der Waals surface area contributed by atoms with Crippen LogP contribution in [0.5, 0.6) is 0 Å². The van der Waals surface area contributed by atoms with E-state index in [1.54, 1.807) is 0 Å². The predicted molar refractivity (Wildman–Crippen MR) is 55.1 cm³/mol. The number of hydrogen-bond donors (Lipinski definition) is 1. The van der Waals surface area contributed by atoms with Crippen molar-refractivity contribution < 1.29 is 9.90 Å². The van der Waals surface area contributed by atoms with Crippen LogP contribution in [0.2, 0.25) is 0 Å². The summed E-state index contributed by atoms with van der Waals surface area (Å²) in [7, 11) is 0. The van der Waals surface area contributed by atoms with E-state index >= 15 is 0 Å². The quantitative estimate of drug-likeness (QED) is 0.820. The van der Waals surface area contributed by atoms with Crippen LogP contribution < -0.4 is 0 Å². The van der Waals surface area contributed by atoms with Crippen LogP contribution in [0.25, 0.3) is 0 Å². The summed E-state index contributed by atoms with van der Waals surface area (Å²) in [5, 5.41) is 10.6. The van der Waals surface area contributed by atoms with Crippen molar-refractivity contribution >= 4 is 33.2 Å². The molecule has 4 heteroatoms. The molecule has 1 aromatic rings. The molecule has 0 radical (unpaired) electrons. The highest BCUT2D eigenvalue weighted by atomic mass is 79.9. The molecule has 2 nitrogen and oxygen atoms in total. The summed E-state index contributed by atoms with van der Waals surface area (Å²) in [6, 6.07) is 4.24. The molecule has 0 aliphatic heterocycles. The second kappa shape index (κ2) is 7.31. The Bertz CT molecular complexity index is 205. The molecular weight excluding hydrogens is 240 g/mol.